The van der Waals surface area contributed by atoms with Gasteiger partial charge in [0.25, 0.3) is 0 Å². The first-order chi connectivity index (χ1) is 6.38. The van der Waals surface area contributed by atoms with Crippen molar-refractivity contribution >= 4 is 0 Å². The van der Waals surface area contributed by atoms with E-state index in [2.05, 4.69) is 29.6 Å². The van der Waals surface area contributed by atoms with Crippen molar-refractivity contribution < 1.29 is 0 Å². The van der Waals surface area contributed by atoms with E-state index in [9.17, 15) is 0 Å². The first-order valence-corrected chi connectivity index (χ1v) is 5.20. The molecule has 1 saturated carbocycles. The maximum absolute atomic E-state index is 3.69. The highest BCUT2D eigenvalue weighted by Gasteiger charge is 2.38. The van der Waals surface area contributed by atoms with E-state index >= 15 is 0 Å². The van der Waals surface area contributed by atoms with Crippen LogP contribution in [0, 0.1) is 0 Å². The van der Waals surface area contributed by atoms with Gasteiger partial charge in [-0.3, -0.25) is 0 Å². The zero-order valence-electron chi connectivity index (χ0n) is 7.84. The molecule has 0 unspecified atom stereocenters. The average molecular weight is 173 g/mol. The fraction of sp³-hybridized carbons (Fsp3) is 0.500. The van der Waals surface area contributed by atoms with E-state index in [0.29, 0.717) is 5.54 Å². The molecule has 0 aromatic heterocycles. The lowest BCUT2D eigenvalue weighted by atomic mass is 9.70. The molecule has 1 aliphatic carbocycles. The van der Waals surface area contributed by atoms with Crippen LogP contribution in [0.4, 0.5) is 0 Å². The Kier molecular flexibility index (Phi) is 1.50. The molecule has 0 bridgehead atoms. The minimum absolute atomic E-state index is 0.494. The molecule has 1 aliphatic heterocycles. The van der Waals surface area contributed by atoms with Gasteiger partial charge in [-0.05, 0) is 36.8 Å². The number of fused-ring (bicyclic) bond motifs is 1. The van der Waals surface area contributed by atoms with Gasteiger partial charge >= 0.3 is 0 Å². The van der Waals surface area contributed by atoms with Gasteiger partial charge in [-0.25, -0.2) is 0 Å². The second-order valence-electron chi connectivity index (χ2n) is 4.43. The third-order valence-corrected chi connectivity index (χ3v) is 3.61. The quantitative estimate of drug-likeness (QED) is 0.634. The van der Waals surface area contributed by atoms with Gasteiger partial charge in [-0.1, -0.05) is 24.3 Å². The Morgan fingerprint density at radius 2 is 1.85 bits per heavy atom. The average Bonchev–Trinajstić information content (AvgIpc) is 2.15. The monoisotopic (exact) mass is 173 g/mol. The minimum Gasteiger partial charge on any atom is -0.307 e. The van der Waals surface area contributed by atoms with Gasteiger partial charge in [-0.15, -0.1) is 0 Å². The summed E-state index contributed by atoms with van der Waals surface area (Å²) in [5.74, 6) is 0. The van der Waals surface area contributed by atoms with Crippen molar-refractivity contribution in [2.45, 2.75) is 37.8 Å². The summed E-state index contributed by atoms with van der Waals surface area (Å²) in [7, 11) is 0. The number of rotatable bonds is 0. The first kappa shape index (κ1) is 7.57. The highest BCUT2D eigenvalue weighted by atomic mass is 15.0. The Morgan fingerprint density at radius 1 is 1.08 bits per heavy atom. The van der Waals surface area contributed by atoms with Crippen LogP contribution in [0.5, 0.6) is 0 Å². The molecule has 1 heterocycles. The zero-order chi connectivity index (χ0) is 8.73. The normalized spacial score (nSPS) is 23.7. The van der Waals surface area contributed by atoms with Crippen LogP contribution in [0.15, 0.2) is 24.3 Å². The smallest absolute Gasteiger partial charge is 0.0225 e. The van der Waals surface area contributed by atoms with E-state index in [1.807, 2.05) is 0 Å². The van der Waals surface area contributed by atoms with Crippen LogP contribution in [0.25, 0.3) is 0 Å². The van der Waals surface area contributed by atoms with Crippen LogP contribution < -0.4 is 5.32 Å². The summed E-state index contributed by atoms with van der Waals surface area (Å²) in [4.78, 5) is 0. The van der Waals surface area contributed by atoms with Crippen LogP contribution in [-0.4, -0.2) is 5.54 Å². The summed E-state index contributed by atoms with van der Waals surface area (Å²) in [5.41, 5.74) is 3.56. The Labute approximate surface area is 79.2 Å². The fourth-order valence-corrected chi connectivity index (χ4v) is 2.57. The van der Waals surface area contributed by atoms with Crippen LogP contribution >= 0.6 is 0 Å². The number of hydrogen-bond donors (Lipinski definition) is 1. The maximum atomic E-state index is 3.69. The standard InChI is InChI=1S/C12H15N/c1-2-5-11-9-13-12(6-3-7-12)8-10(11)4-1/h1-2,4-5,13H,3,6-9H2. The topological polar surface area (TPSA) is 12.0 Å². The molecule has 0 amide bonds. The molecular formula is C12H15N. The molecule has 1 fully saturated rings. The summed E-state index contributed by atoms with van der Waals surface area (Å²) in [6.45, 7) is 1.08. The molecule has 0 atom stereocenters. The van der Waals surface area contributed by atoms with Crippen LogP contribution in [0.3, 0.4) is 0 Å². The summed E-state index contributed by atoms with van der Waals surface area (Å²) < 4.78 is 0. The van der Waals surface area contributed by atoms with Crippen molar-refractivity contribution in [1.82, 2.24) is 5.32 Å². The van der Waals surface area contributed by atoms with Gasteiger partial charge in [0.05, 0.1) is 0 Å². The predicted octanol–water partition coefficient (Wildman–Crippen LogP) is 2.25. The molecule has 1 N–H and O–H groups in total. The van der Waals surface area contributed by atoms with Crippen molar-refractivity contribution in [3.05, 3.63) is 35.4 Å². The van der Waals surface area contributed by atoms with Crippen LogP contribution in [0.1, 0.15) is 30.4 Å². The highest BCUT2D eigenvalue weighted by molar-refractivity contribution is 5.32. The molecule has 1 heteroatoms. The molecule has 0 radical (unpaired) electrons. The molecule has 1 aromatic rings. The van der Waals surface area contributed by atoms with E-state index < -0.39 is 0 Å². The molecule has 1 aromatic carbocycles. The Morgan fingerprint density at radius 3 is 2.54 bits per heavy atom. The van der Waals surface area contributed by atoms with Crippen molar-refractivity contribution in [2.75, 3.05) is 0 Å². The Bertz CT molecular complexity index is 326. The lowest BCUT2D eigenvalue weighted by Gasteiger charge is -2.46. The second-order valence-corrected chi connectivity index (χ2v) is 4.43. The molecule has 1 nitrogen and oxygen atoms in total. The zero-order valence-corrected chi connectivity index (χ0v) is 7.84. The maximum Gasteiger partial charge on any atom is 0.0225 e. The van der Waals surface area contributed by atoms with Crippen molar-refractivity contribution in [3.8, 4) is 0 Å². The van der Waals surface area contributed by atoms with Gasteiger partial charge in [0.15, 0.2) is 0 Å². The van der Waals surface area contributed by atoms with E-state index in [1.165, 1.54) is 31.2 Å². The van der Waals surface area contributed by atoms with E-state index in [4.69, 9.17) is 0 Å². The Balaban J connectivity index is 1.94. The van der Waals surface area contributed by atoms with Gasteiger partial charge < -0.3 is 5.32 Å². The summed E-state index contributed by atoms with van der Waals surface area (Å²) in [6.07, 6.45) is 5.42. The fourth-order valence-electron chi connectivity index (χ4n) is 2.57. The predicted molar refractivity (Wildman–Crippen MR) is 53.6 cm³/mol. The largest absolute Gasteiger partial charge is 0.307 e. The van der Waals surface area contributed by atoms with Crippen molar-refractivity contribution in [2.24, 2.45) is 0 Å². The summed E-state index contributed by atoms with van der Waals surface area (Å²) >= 11 is 0. The molecule has 2 aliphatic rings. The van der Waals surface area contributed by atoms with Gasteiger partial charge in [-0.2, -0.15) is 0 Å². The number of benzene rings is 1. The van der Waals surface area contributed by atoms with E-state index in [0.717, 1.165) is 6.54 Å². The lowest BCUT2D eigenvalue weighted by molar-refractivity contribution is 0.171. The summed E-state index contributed by atoms with van der Waals surface area (Å²) in [5, 5.41) is 3.69. The molecule has 68 valence electrons. The molecule has 3 rings (SSSR count). The molecule has 13 heavy (non-hydrogen) atoms. The van der Waals surface area contributed by atoms with Gasteiger partial charge in [0.1, 0.15) is 0 Å². The first-order valence-electron chi connectivity index (χ1n) is 5.20. The number of nitrogens with one attached hydrogen (secondary N) is 1. The molecule has 1 spiro atoms. The third-order valence-electron chi connectivity index (χ3n) is 3.61. The summed E-state index contributed by atoms with van der Waals surface area (Å²) in [6, 6.07) is 8.83. The minimum atomic E-state index is 0.494. The lowest BCUT2D eigenvalue weighted by Crippen LogP contribution is -2.54. The van der Waals surface area contributed by atoms with Crippen LogP contribution in [-0.2, 0) is 13.0 Å². The highest BCUT2D eigenvalue weighted by Crippen LogP contribution is 2.38. The van der Waals surface area contributed by atoms with Crippen LogP contribution in [0.2, 0.25) is 0 Å². The third kappa shape index (κ3) is 1.11. The second kappa shape index (κ2) is 2.58. The molecule has 0 saturated heterocycles. The van der Waals surface area contributed by atoms with Crippen molar-refractivity contribution in [3.63, 3.8) is 0 Å². The van der Waals surface area contributed by atoms with Crippen molar-refractivity contribution in [1.29, 1.82) is 0 Å². The van der Waals surface area contributed by atoms with Gasteiger partial charge in [0.2, 0.25) is 0 Å². The SMILES string of the molecule is c1ccc2c(c1)CNC1(CCC1)C2. The molecular weight excluding hydrogens is 158 g/mol. The Hall–Kier alpha value is -0.820. The van der Waals surface area contributed by atoms with E-state index in [-0.39, 0.29) is 0 Å². The number of hydrogen-bond acceptors (Lipinski definition) is 1. The van der Waals surface area contributed by atoms with E-state index in [1.54, 1.807) is 5.56 Å². The van der Waals surface area contributed by atoms with Gasteiger partial charge in [0, 0.05) is 12.1 Å².